The van der Waals surface area contributed by atoms with Crippen LogP contribution in [-0.4, -0.2) is 81.8 Å². The van der Waals surface area contributed by atoms with Gasteiger partial charge in [0.2, 0.25) is 11.8 Å². The lowest BCUT2D eigenvalue weighted by Gasteiger charge is -2.41. The minimum atomic E-state index is -1.15. The van der Waals surface area contributed by atoms with E-state index in [1.807, 2.05) is 33.8 Å². The van der Waals surface area contributed by atoms with Crippen LogP contribution in [0.3, 0.4) is 0 Å². The Hall–Kier alpha value is -2.19. The van der Waals surface area contributed by atoms with Gasteiger partial charge in [0.15, 0.2) is 0 Å². The Morgan fingerprint density at radius 3 is 2.58 bits per heavy atom. The summed E-state index contributed by atoms with van der Waals surface area (Å²) in [4.78, 5) is 45.5. The predicted octanol–water partition coefficient (Wildman–Crippen LogP) is 3.87. The minimum absolute atomic E-state index is 0.0600. The van der Waals surface area contributed by atoms with Crippen LogP contribution < -0.4 is 0 Å². The second kappa shape index (κ2) is 12.3. The quantitative estimate of drug-likeness (QED) is 0.195. The van der Waals surface area contributed by atoms with Crippen LogP contribution in [-0.2, 0) is 23.9 Å². The van der Waals surface area contributed by atoms with Crippen molar-refractivity contribution in [3.8, 4) is 0 Å². The van der Waals surface area contributed by atoms with Crippen molar-refractivity contribution in [2.45, 2.75) is 109 Å². The maximum atomic E-state index is 14.4. The Balaban J connectivity index is 2.05. The van der Waals surface area contributed by atoms with E-state index in [-0.39, 0.29) is 37.0 Å². The Morgan fingerprint density at radius 1 is 1.29 bits per heavy atom. The zero-order chi connectivity index (χ0) is 28.3. The van der Waals surface area contributed by atoms with Crippen LogP contribution >= 0.6 is 0 Å². The summed E-state index contributed by atoms with van der Waals surface area (Å²) in [7, 11) is 0. The van der Waals surface area contributed by atoms with E-state index in [4.69, 9.17) is 9.47 Å². The number of allylic oxidation sites excluding steroid dienone is 1. The summed E-state index contributed by atoms with van der Waals surface area (Å²) in [6.45, 7) is 17.8. The molecule has 0 radical (unpaired) electrons. The van der Waals surface area contributed by atoms with Gasteiger partial charge < -0.3 is 24.4 Å². The summed E-state index contributed by atoms with van der Waals surface area (Å²) in [5.41, 5.74) is -2.06. The number of ether oxygens (including phenoxy) is 2. The van der Waals surface area contributed by atoms with Crippen molar-refractivity contribution in [2.75, 3.05) is 19.8 Å². The van der Waals surface area contributed by atoms with Crippen LogP contribution in [0.1, 0.15) is 79.6 Å². The molecule has 4 unspecified atom stereocenters. The molecule has 8 atom stereocenters. The van der Waals surface area contributed by atoms with Crippen molar-refractivity contribution in [3.63, 3.8) is 0 Å². The smallest absolute Gasteiger partial charge is 0.312 e. The van der Waals surface area contributed by atoms with Gasteiger partial charge in [-0.1, -0.05) is 39.3 Å². The molecule has 0 aromatic carbocycles. The van der Waals surface area contributed by atoms with E-state index in [9.17, 15) is 19.5 Å². The average Bonchev–Trinajstić information content (AvgIpc) is 3.40. The van der Waals surface area contributed by atoms with Gasteiger partial charge in [-0.3, -0.25) is 14.4 Å². The molecule has 3 aliphatic heterocycles. The van der Waals surface area contributed by atoms with Gasteiger partial charge in [0.05, 0.1) is 30.8 Å². The van der Waals surface area contributed by atoms with Crippen LogP contribution in [0.4, 0.5) is 0 Å². The molecule has 3 saturated heterocycles. The third kappa shape index (κ3) is 4.94. The average molecular weight is 533 g/mol. The number of aliphatic hydroxyl groups is 1. The van der Waals surface area contributed by atoms with E-state index in [1.165, 1.54) is 0 Å². The highest BCUT2D eigenvalue weighted by molar-refractivity contribution is 5.99. The fourth-order valence-corrected chi connectivity index (χ4v) is 7.13. The summed E-state index contributed by atoms with van der Waals surface area (Å²) in [6, 6.07) is -1.54. The third-order valence-electron chi connectivity index (χ3n) is 9.21. The lowest BCUT2D eigenvalue weighted by atomic mass is 9.62. The highest BCUT2D eigenvalue weighted by Crippen LogP contribution is 2.65. The van der Waals surface area contributed by atoms with Gasteiger partial charge in [0.25, 0.3) is 0 Å². The number of unbranched alkanes of at least 4 members (excludes halogenated alkanes) is 2. The number of amides is 2. The monoisotopic (exact) mass is 532 g/mol. The molecule has 214 valence electrons. The topological polar surface area (TPSA) is 96.4 Å². The zero-order valence-corrected chi connectivity index (χ0v) is 24.0. The fraction of sp³-hybridized carbons (Fsp3) is 0.767. The second-order valence-corrected chi connectivity index (χ2v) is 11.6. The molecule has 0 aromatic rings. The van der Waals surface area contributed by atoms with E-state index < -0.39 is 41.1 Å². The van der Waals surface area contributed by atoms with Gasteiger partial charge in [0.1, 0.15) is 17.6 Å². The molecule has 3 fully saturated rings. The molecule has 38 heavy (non-hydrogen) atoms. The number of fused-ring (bicyclic) bond motifs is 1. The first-order valence-electron chi connectivity index (χ1n) is 14.4. The lowest BCUT2D eigenvalue weighted by molar-refractivity contribution is -0.164. The predicted molar refractivity (Wildman–Crippen MR) is 146 cm³/mol. The van der Waals surface area contributed by atoms with Crippen LogP contribution in [0.2, 0.25) is 0 Å². The molecule has 8 nitrogen and oxygen atoms in total. The first kappa shape index (κ1) is 30.4. The Bertz CT molecular complexity index is 903. The van der Waals surface area contributed by atoms with Crippen LogP contribution in [0.25, 0.3) is 0 Å². The van der Waals surface area contributed by atoms with Crippen LogP contribution in [0.15, 0.2) is 25.3 Å². The molecule has 0 aliphatic carbocycles. The maximum Gasteiger partial charge on any atom is 0.312 e. The Morgan fingerprint density at radius 2 is 2.00 bits per heavy atom. The van der Waals surface area contributed by atoms with Crippen LogP contribution in [0, 0.1) is 17.8 Å². The number of nitrogens with zero attached hydrogens (tertiary/aromatic N) is 2. The molecule has 3 rings (SSSR count). The van der Waals surface area contributed by atoms with E-state index in [1.54, 1.807) is 15.9 Å². The van der Waals surface area contributed by atoms with Crippen molar-refractivity contribution < 1.29 is 29.0 Å². The number of esters is 1. The van der Waals surface area contributed by atoms with Crippen molar-refractivity contribution in [1.29, 1.82) is 0 Å². The molecule has 1 spiro atoms. The summed E-state index contributed by atoms with van der Waals surface area (Å²) < 4.78 is 12.5. The maximum absolute atomic E-state index is 14.4. The number of carbonyl (C=O) groups is 3. The first-order chi connectivity index (χ1) is 18.1. The number of aliphatic hydroxyl groups excluding tert-OH is 1. The van der Waals surface area contributed by atoms with Gasteiger partial charge in [-0.25, -0.2) is 0 Å². The zero-order valence-electron chi connectivity index (χ0n) is 24.0. The SMILES string of the molecule is C=CCCCCOC(=O)[C@H]1[C@H]2C(=O)N([C@@H](CC)CO)C(C(=O)N(CC=C)C(C)CCC)C23CC(C)[C@]1(C)O3. The second-order valence-electron chi connectivity index (χ2n) is 11.6. The molecular weight excluding hydrogens is 484 g/mol. The molecule has 0 saturated carbocycles. The van der Waals surface area contributed by atoms with Crippen LogP contribution in [0.5, 0.6) is 0 Å². The Kier molecular flexibility index (Phi) is 9.85. The number of likely N-dealkylation sites (tertiary alicyclic amines) is 1. The van der Waals surface area contributed by atoms with Gasteiger partial charge in [0, 0.05) is 12.6 Å². The Labute approximate surface area is 228 Å². The largest absolute Gasteiger partial charge is 0.465 e. The highest BCUT2D eigenvalue weighted by atomic mass is 16.6. The normalized spacial score (nSPS) is 33.1. The summed E-state index contributed by atoms with van der Waals surface area (Å²) in [5.74, 6) is -2.64. The summed E-state index contributed by atoms with van der Waals surface area (Å²) in [5, 5.41) is 10.3. The molecule has 8 heteroatoms. The lowest BCUT2D eigenvalue weighted by Crippen LogP contribution is -2.60. The van der Waals surface area contributed by atoms with Gasteiger partial charge in [-0.05, 0) is 58.3 Å². The molecular formula is C30H48N2O6. The van der Waals surface area contributed by atoms with Crippen molar-refractivity contribution in [1.82, 2.24) is 9.80 Å². The summed E-state index contributed by atoms with van der Waals surface area (Å²) >= 11 is 0. The number of rotatable bonds is 15. The van der Waals surface area contributed by atoms with Gasteiger partial charge in [-0.2, -0.15) is 0 Å². The van der Waals surface area contributed by atoms with E-state index in [0.29, 0.717) is 25.8 Å². The van der Waals surface area contributed by atoms with E-state index >= 15 is 0 Å². The van der Waals surface area contributed by atoms with E-state index in [2.05, 4.69) is 20.1 Å². The van der Waals surface area contributed by atoms with Crippen molar-refractivity contribution >= 4 is 17.8 Å². The number of carbonyl (C=O) groups excluding carboxylic acids is 3. The minimum Gasteiger partial charge on any atom is -0.465 e. The third-order valence-corrected chi connectivity index (χ3v) is 9.21. The molecule has 2 amide bonds. The van der Waals surface area contributed by atoms with E-state index in [0.717, 1.165) is 25.7 Å². The standard InChI is InChI=1S/C30H48N2O6/c1-8-12-13-14-17-37-28(36)24-23-26(34)32(22(11-4)19-33)25(30(23)18-20(5)29(24,7)38-30)27(35)31(16-10-3)21(6)15-9-2/h8,10,20-25,33H,1,3,9,11-19H2,2,4-7H3/t20?,21?,22-,23-,24+,25?,29-,30?/m0/s1. The number of hydrogen-bond acceptors (Lipinski definition) is 6. The van der Waals surface area contributed by atoms with Crippen molar-refractivity contribution in [2.24, 2.45) is 17.8 Å². The molecule has 2 bridgehead atoms. The fourth-order valence-electron chi connectivity index (χ4n) is 7.13. The van der Waals surface area contributed by atoms with Gasteiger partial charge in [-0.15, -0.1) is 13.2 Å². The molecule has 3 heterocycles. The van der Waals surface area contributed by atoms with Crippen molar-refractivity contribution in [3.05, 3.63) is 25.3 Å². The first-order valence-corrected chi connectivity index (χ1v) is 14.4. The molecule has 0 aromatic heterocycles. The number of hydrogen-bond donors (Lipinski definition) is 1. The molecule has 1 N–H and O–H groups in total. The summed E-state index contributed by atoms with van der Waals surface area (Å²) in [6.07, 6.45) is 8.64. The van der Waals surface area contributed by atoms with Gasteiger partial charge >= 0.3 is 5.97 Å². The molecule has 3 aliphatic rings. The highest BCUT2D eigenvalue weighted by Gasteiger charge is 2.80.